The number of ether oxygens (including phenoxy) is 4. The average Bonchev–Trinajstić information content (AvgIpc) is 3.32. The van der Waals surface area contributed by atoms with Crippen molar-refractivity contribution in [2.75, 3.05) is 6.54 Å². The van der Waals surface area contributed by atoms with Crippen LogP contribution in [0.2, 0.25) is 19.1 Å². The van der Waals surface area contributed by atoms with E-state index in [1.54, 1.807) is 56.5 Å². The summed E-state index contributed by atoms with van der Waals surface area (Å²) < 4.78 is 24.1. The lowest BCUT2D eigenvalue weighted by molar-refractivity contribution is -0.190. The van der Waals surface area contributed by atoms with Crippen LogP contribution < -0.4 is 15.6 Å². The summed E-state index contributed by atoms with van der Waals surface area (Å²) in [6.07, 6.45) is 0.0142. The van der Waals surface area contributed by atoms with Gasteiger partial charge in [0.2, 0.25) is 5.60 Å². The highest BCUT2D eigenvalue weighted by molar-refractivity contribution is 6.78. The van der Waals surface area contributed by atoms with Gasteiger partial charge >= 0.3 is 24.0 Å². The zero-order valence-electron chi connectivity index (χ0n) is 28.1. The van der Waals surface area contributed by atoms with Gasteiger partial charge in [-0.25, -0.2) is 14.6 Å². The lowest BCUT2D eigenvalue weighted by Crippen LogP contribution is -2.54. The Bertz CT molecular complexity index is 1860. The summed E-state index contributed by atoms with van der Waals surface area (Å²) in [5.41, 5.74) is -0.798. The number of esters is 3. The first-order valence-electron chi connectivity index (χ1n) is 15.8. The smallest absolute Gasteiger partial charge is 0.408 e. The monoisotopic (exact) mass is 663 g/mol. The molecule has 2 aliphatic heterocycles. The molecule has 0 radical (unpaired) electrons. The third-order valence-electron chi connectivity index (χ3n) is 8.45. The van der Waals surface area contributed by atoms with Crippen LogP contribution in [0.15, 0.2) is 35.1 Å². The molecular weight excluding hydrogens is 622 g/mol. The van der Waals surface area contributed by atoms with E-state index < -0.39 is 55.5 Å². The van der Waals surface area contributed by atoms with Crippen molar-refractivity contribution in [1.29, 1.82) is 0 Å². The normalized spacial score (nSPS) is 18.5. The van der Waals surface area contributed by atoms with Crippen LogP contribution in [0.5, 0.6) is 5.75 Å². The van der Waals surface area contributed by atoms with E-state index in [2.05, 4.69) is 18.4 Å². The summed E-state index contributed by atoms with van der Waals surface area (Å²) >= 11 is 0. The quantitative estimate of drug-likeness (QED) is 0.114. The maximum Gasteiger partial charge on any atom is 0.408 e. The van der Waals surface area contributed by atoms with Crippen LogP contribution in [0.4, 0.5) is 4.79 Å². The van der Waals surface area contributed by atoms with E-state index in [0.29, 0.717) is 28.2 Å². The summed E-state index contributed by atoms with van der Waals surface area (Å²) in [6.45, 7) is 14.0. The molecule has 250 valence electrons. The topological polar surface area (TPSA) is 152 Å². The molecule has 47 heavy (non-hydrogen) atoms. The van der Waals surface area contributed by atoms with Gasteiger partial charge in [0.25, 0.3) is 5.56 Å². The third kappa shape index (κ3) is 6.40. The third-order valence-corrected chi connectivity index (χ3v) is 12.1. The molecule has 1 N–H and O–H groups in total. The number of rotatable bonds is 8. The number of cyclic esters (lactones) is 1. The Labute approximate surface area is 273 Å². The Balaban J connectivity index is 1.63. The number of alkyl carbamates (subject to hydrolysis) is 1. The predicted octanol–water partition coefficient (Wildman–Crippen LogP) is 5.28. The fourth-order valence-corrected chi connectivity index (χ4v) is 9.47. The van der Waals surface area contributed by atoms with Crippen molar-refractivity contribution in [3.05, 3.63) is 57.4 Å². The molecule has 3 aromatic rings. The first-order valence-corrected chi connectivity index (χ1v) is 19.1. The van der Waals surface area contributed by atoms with Gasteiger partial charge in [-0.2, -0.15) is 0 Å². The lowest BCUT2D eigenvalue weighted by Gasteiger charge is -2.43. The second kappa shape index (κ2) is 12.3. The molecule has 2 aliphatic rings. The molecule has 2 unspecified atom stereocenters. The highest BCUT2D eigenvalue weighted by Crippen LogP contribution is 2.47. The van der Waals surface area contributed by atoms with Gasteiger partial charge in [0.15, 0.2) is 0 Å². The number of pyridine rings is 2. The van der Waals surface area contributed by atoms with Crippen LogP contribution in [0.3, 0.4) is 0 Å². The second-order valence-electron chi connectivity index (χ2n) is 13.7. The molecule has 0 aliphatic carbocycles. The van der Waals surface area contributed by atoms with Crippen LogP contribution in [-0.4, -0.2) is 53.8 Å². The minimum Gasteiger partial charge on any atom is -0.458 e. The molecule has 0 saturated heterocycles. The highest BCUT2D eigenvalue weighted by Gasteiger charge is 2.56. The van der Waals surface area contributed by atoms with E-state index >= 15 is 0 Å². The first-order chi connectivity index (χ1) is 22.0. The summed E-state index contributed by atoms with van der Waals surface area (Å²) in [4.78, 5) is 70.4. The van der Waals surface area contributed by atoms with E-state index in [9.17, 15) is 24.0 Å². The number of fused-ring (bicyclic) bond motifs is 5. The molecule has 0 bridgehead atoms. The van der Waals surface area contributed by atoms with E-state index in [1.165, 1.54) is 6.92 Å². The van der Waals surface area contributed by atoms with Crippen molar-refractivity contribution in [2.45, 2.75) is 97.0 Å². The number of amides is 1. The standard InChI is InChI=1S/C34H41N3O9Si/c1-9-13-47(7,8)30-27-23(34(10-2,31(41)44-30)45-26(39)17-35-32(42)46-33(4,5)6)16-25-28-21(18-37(25)29(27)40)14-20-15-22(43-19(3)38)11-12-24(20)36-28/h11-12,14-16,30H,9-10,13,17-18H2,1-8H3,(H,35,42). The highest BCUT2D eigenvalue weighted by atomic mass is 28.3. The fourth-order valence-electron chi connectivity index (χ4n) is 6.43. The molecule has 1 amide bonds. The van der Waals surface area contributed by atoms with E-state index in [-0.39, 0.29) is 24.1 Å². The Morgan fingerprint density at radius 2 is 1.85 bits per heavy atom. The number of aromatic nitrogens is 2. The van der Waals surface area contributed by atoms with Gasteiger partial charge in [-0.15, -0.1) is 0 Å². The number of carbonyl (C=O) groups is 4. The van der Waals surface area contributed by atoms with Gasteiger partial charge in [0.1, 0.15) is 31.7 Å². The summed E-state index contributed by atoms with van der Waals surface area (Å²) in [7, 11) is -2.39. The number of nitrogens with zero attached hydrogens (tertiary/aromatic N) is 2. The van der Waals surface area contributed by atoms with Crippen molar-refractivity contribution in [1.82, 2.24) is 14.9 Å². The summed E-state index contributed by atoms with van der Waals surface area (Å²) in [6, 6.07) is 9.52. The van der Waals surface area contributed by atoms with Crippen molar-refractivity contribution in [3.8, 4) is 17.1 Å². The van der Waals surface area contributed by atoms with E-state index in [4.69, 9.17) is 23.9 Å². The van der Waals surface area contributed by atoms with Crippen molar-refractivity contribution >= 4 is 43.0 Å². The number of hydrogen-bond acceptors (Lipinski definition) is 10. The van der Waals surface area contributed by atoms with Gasteiger partial charge < -0.3 is 28.8 Å². The fraction of sp³-hybridized carbons (Fsp3) is 0.471. The van der Waals surface area contributed by atoms with Crippen LogP contribution in [-0.2, 0) is 40.7 Å². The maximum absolute atomic E-state index is 14.5. The zero-order chi connectivity index (χ0) is 34.5. The molecule has 0 spiro atoms. The summed E-state index contributed by atoms with van der Waals surface area (Å²) in [5, 5.41) is 3.10. The van der Waals surface area contributed by atoms with Gasteiger partial charge in [-0.05, 0) is 57.5 Å². The Kier molecular flexibility index (Phi) is 8.82. The largest absolute Gasteiger partial charge is 0.458 e. The molecule has 4 heterocycles. The number of hydrogen-bond donors (Lipinski definition) is 1. The Morgan fingerprint density at radius 1 is 1.13 bits per heavy atom. The molecule has 0 fully saturated rings. The van der Waals surface area contributed by atoms with Crippen LogP contribution in [0.25, 0.3) is 22.3 Å². The first kappa shape index (κ1) is 33.8. The Morgan fingerprint density at radius 3 is 2.49 bits per heavy atom. The minimum absolute atomic E-state index is 0.0146. The number of carbonyl (C=O) groups excluding carboxylic acids is 4. The summed E-state index contributed by atoms with van der Waals surface area (Å²) in [5.74, 6) is -1.71. The molecule has 0 saturated carbocycles. The molecule has 2 atom stereocenters. The average molecular weight is 664 g/mol. The maximum atomic E-state index is 14.5. The van der Waals surface area contributed by atoms with Crippen molar-refractivity contribution < 1.29 is 38.1 Å². The van der Waals surface area contributed by atoms with Crippen LogP contribution >= 0.6 is 0 Å². The van der Waals surface area contributed by atoms with Gasteiger partial charge in [0.05, 0.1) is 29.0 Å². The molecule has 2 aromatic heterocycles. The van der Waals surface area contributed by atoms with E-state index in [0.717, 1.165) is 23.4 Å². The molecule has 5 rings (SSSR count). The number of nitrogens with one attached hydrogen (secondary N) is 1. The minimum atomic E-state index is -2.39. The van der Waals surface area contributed by atoms with Crippen molar-refractivity contribution in [3.63, 3.8) is 0 Å². The van der Waals surface area contributed by atoms with Crippen LogP contribution in [0.1, 0.15) is 76.8 Å². The number of benzene rings is 1. The van der Waals surface area contributed by atoms with Gasteiger partial charge in [-0.1, -0.05) is 39.4 Å². The molecular formula is C34H41N3O9Si. The second-order valence-corrected chi connectivity index (χ2v) is 18.7. The van der Waals surface area contributed by atoms with Crippen molar-refractivity contribution in [2.24, 2.45) is 0 Å². The van der Waals surface area contributed by atoms with Crippen LogP contribution in [0, 0.1) is 0 Å². The zero-order valence-corrected chi connectivity index (χ0v) is 29.1. The van der Waals surface area contributed by atoms with Gasteiger partial charge in [0, 0.05) is 23.4 Å². The van der Waals surface area contributed by atoms with Gasteiger partial charge in [-0.3, -0.25) is 14.4 Å². The lowest BCUT2D eigenvalue weighted by atomic mass is 9.85. The molecule has 13 heteroatoms. The predicted molar refractivity (Wildman–Crippen MR) is 176 cm³/mol. The molecule has 12 nitrogen and oxygen atoms in total. The van der Waals surface area contributed by atoms with E-state index in [1.807, 2.05) is 13.0 Å². The molecule has 1 aromatic carbocycles. The SMILES string of the molecule is CCC[Si](C)(C)C1OC(=O)C(CC)(OC(=O)CNC(=O)OC(C)(C)C)c2cc3n(c(=O)c21)Cc1cc2cc(OC(C)=O)ccc2nc1-3. The Hall–Kier alpha value is -4.52.